The van der Waals surface area contributed by atoms with Gasteiger partial charge in [-0.15, -0.1) is 0 Å². The van der Waals surface area contributed by atoms with Gasteiger partial charge in [-0.2, -0.15) is 11.8 Å². The van der Waals surface area contributed by atoms with Crippen molar-refractivity contribution in [2.45, 2.75) is 33.2 Å². The van der Waals surface area contributed by atoms with Crippen molar-refractivity contribution in [3.63, 3.8) is 0 Å². The molecule has 6 nitrogen and oxygen atoms in total. The third kappa shape index (κ3) is 7.50. The van der Waals surface area contributed by atoms with Gasteiger partial charge in [0.25, 0.3) is 5.91 Å². The van der Waals surface area contributed by atoms with Crippen molar-refractivity contribution < 1.29 is 19.5 Å². The standard InChI is InChI=1S/C17H24N2O4S/c1-11(2)8-9-24-10-15(20)19-14-6-4-13(5-7-14)16(21)18-12(3)17(22)23/h4-7,11-12H,8-10H2,1-3H3,(H,18,21)(H,19,20)(H,22,23). The first-order valence-electron chi connectivity index (χ1n) is 7.81. The zero-order valence-electron chi connectivity index (χ0n) is 14.2. The van der Waals surface area contributed by atoms with Gasteiger partial charge in [0.15, 0.2) is 0 Å². The number of hydrogen-bond donors (Lipinski definition) is 3. The number of carboxylic acids is 1. The second-order valence-corrected chi connectivity index (χ2v) is 7.00. The second-order valence-electron chi connectivity index (χ2n) is 5.89. The van der Waals surface area contributed by atoms with E-state index in [1.807, 2.05) is 0 Å². The van der Waals surface area contributed by atoms with Gasteiger partial charge in [0, 0.05) is 11.3 Å². The summed E-state index contributed by atoms with van der Waals surface area (Å²) in [5.74, 6) is 0.328. The third-order valence-electron chi connectivity index (χ3n) is 3.22. The van der Waals surface area contributed by atoms with E-state index < -0.39 is 17.9 Å². The van der Waals surface area contributed by atoms with Crippen molar-refractivity contribution >= 4 is 35.2 Å². The lowest BCUT2D eigenvalue weighted by Gasteiger charge is -2.10. The van der Waals surface area contributed by atoms with Gasteiger partial charge in [-0.25, -0.2) is 0 Å². The minimum absolute atomic E-state index is 0.0829. The zero-order chi connectivity index (χ0) is 18.1. The number of aliphatic carboxylic acids is 1. The van der Waals surface area contributed by atoms with Crippen LogP contribution in [0.15, 0.2) is 24.3 Å². The first-order chi connectivity index (χ1) is 11.3. The summed E-state index contributed by atoms with van der Waals surface area (Å²) in [6.45, 7) is 5.69. The van der Waals surface area contributed by atoms with Gasteiger partial charge in [-0.05, 0) is 49.3 Å². The molecule has 132 valence electrons. The Morgan fingerprint density at radius 2 is 1.75 bits per heavy atom. The highest BCUT2D eigenvalue weighted by atomic mass is 32.2. The predicted molar refractivity (Wildman–Crippen MR) is 96.4 cm³/mol. The molecule has 0 bridgehead atoms. The van der Waals surface area contributed by atoms with Crippen LogP contribution in [0.25, 0.3) is 0 Å². The van der Waals surface area contributed by atoms with Gasteiger partial charge in [0.05, 0.1) is 5.75 Å². The molecular formula is C17H24N2O4S. The number of nitrogens with one attached hydrogen (secondary N) is 2. The van der Waals surface area contributed by atoms with Crippen molar-refractivity contribution in [2.75, 3.05) is 16.8 Å². The number of carboxylic acid groups (broad SMARTS) is 1. The summed E-state index contributed by atoms with van der Waals surface area (Å²) < 4.78 is 0. The number of rotatable bonds is 9. The first-order valence-corrected chi connectivity index (χ1v) is 8.96. The van der Waals surface area contributed by atoms with E-state index in [4.69, 9.17) is 5.11 Å². The average Bonchev–Trinajstić information content (AvgIpc) is 2.51. The van der Waals surface area contributed by atoms with Gasteiger partial charge in [-0.1, -0.05) is 13.8 Å². The average molecular weight is 352 g/mol. The Balaban J connectivity index is 2.45. The molecule has 1 unspecified atom stereocenters. The summed E-state index contributed by atoms with van der Waals surface area (Å²) >= 11 is 1.59. The smallest absolute Gasteiger partial charge is 0.325 e. The zero-order valence-corrected chi connectivity index (χ0v) is 15.0. The topological polar surface area (TPSA) is 95.5 Å². The van der Waals surface area contributed by atoms with E-state index in [0.29, 0.717) is 22.9 Å². The van der Waals surface area contributed by atoms with Crippen LogP contribution in [0.5, 0.6) is 0 Å². The minimum atomic E-state index is -1.10. The summed E-state index contributed by atoms with van der Waals surface area (Å²) in [6, 6.07) is 5.38. The minimum Gasteiger partial charge on any atom is -0.480 e. The van der Waals surface area contributed by atoms with Crippen LogP contribution in [0, 0.1) is 5.92 Å². The largest absolute Gasteiger partial charge is 0.480 e. The van der Waals surface area contributed by atoms with Gasteiger partial charge in [0.2, 0.25) is 5.91 Å². The van der Waals surface area contributed by atoms with Crippen molar-refractivity contribution in [1.82, 2.24) is 5.32 Å². The maximum absolute atomic E-state index is 11.9. The highest BCUT2D eigenvalue weighted by molar-refractivity contribution is 7.99. The van der Waals surface area contributed by atoms with E-state index in [2.05, 4.69) is 24.5 Å². The van der Waals surface area contributed by atoms with E-state index in [0.717, 1.165) is 12.2 Å². The van der Waals surface area contributed by atoms with Crippen LogP contribution in [-0.2, 0) is 9.59 Å². The maximum Gasteiger partial charge on any atom is 0.325 e. The molecule has 2 amide bonds. The Kier molecular flexibility index (Phi) is 8.32. The van der Waals surface area contributed by atoms with E-state index in [9.17, 15) is 14.4 Å². The Labute approximate surface area is 146 Å². The van der Waals surface area contributed by atoms with Crippen LogP contribution < -0.4 is 10.6 Å². The molecule has 0 aromatic heterocycles. The predicted octanol–water partition coefficient (Wildman–Crippen LogP) is 2.61. The molecule has 7 heteroatoms. The highest BCUT2D eigenvalue weighted by Gasteiger charge is 2.15. The van der Waals surface area contributed by atoms with Crippen LogP contribution in [-0.4, -0.2) is 40.4 Å². The SMILES string of the molecule is CC(C)CCSCC(=O)Nc1ccc(C(=O)NC(C)C(=O)O)cc1. The molecule has 1 rings (SSSR count). The second kappa shape index (κ2) is 9.97. The highest BCUT2D eigenvalue weighted by Crippen LogP contribution is 2.12. The number of carbonyl (C=O) groups is 3. The monoisotopic (exact) mass is 352 g/mol. The molecule has 1 atom stereocenters. The molecule has 0 saturated heterocycles. The Morgan fingerprint density at radius 3 is 2.29 bits per heavy atom. The maximum atomic E-state index is 11.9. The summed E-state index contributed by atoms with van der Waals surface area (Å²) in [7, 11) is 0. The molecule has 1 aromatic rings. The molecule has 0 aliphatic heterocycles. The summed E-state index contributed by atoms with van der Waals surface area (Å²) in [5, 5.41) is 13.9. The van der Waals surface area contributed by atoms with Crippen molar-refractivity contribution in [2.24, 2.45) is 5.92 Å². The molecule has 0 saturated carbocycles. The molecular weight excluding hydrogens is 328 g/mol. The number of carbonyl (C=O) groups excluding carboxylic acids is 2. The number of anilines is 1. The molecule has 0 fully saturated rings. The summed E-state index contributed by atoms with van der Waals surface area (Å²) in [6.07, 6.45) is 1.08. The van der Waals surface area contributed by atoms with E-state index >= 15 is 0 Å². The lowest BCUT2D eigenvalue weighted by Crippen LogP contribution is -2.38. The van der Waals surface area contributed by atoms with E-state index in [1.54, 1.807) is 36.0 Å². The quantitative estimate of drug-likeness (QED) is 0.594. The molecule has 24 heavy (non-hydrogen) atoms. The molecule has 1 aromatic carbocycles. The van der Waals surface area contributed by atoms with Gasteiger partial charge >= 0.3 is 5.97 Å². The third-order valence-corrected chi connectivity index (χ3v) is 4.21. The van der Waals surface area contributed by atoms with Crippen molar-refractivity contribution in [3.8, 4) is 0 Å². The van der Waals surface area contributed by atoms with Gasteiger partial charge in [-0.3, -0.25) is 14.4 Å². The fraction of sp³-hybridized carbons (Fsp3) is 0.471. The summed E-state index contributed by atoms with van der Waals surface area (Å²) in [5.41, 5.74) is 0.944. The van der Waals surface area contributed by atoms with E-state index in [1.165, 1.54) is 6.92 Å². The number of amides is 2. The van der Waals surface area contributed by atoms with Crippen LogP contribution in [0.1, 0.15) is 37.6 Å². The number of benzene rings is 1. The molecule has 0 aliphatic carbocycles. The number of thioether (sulfide) groups is 1. The van der Waals surface area contributed by atoms with Gasteiger partial charge < -0.3 is 15.7 Å². The normalized spacial score (nSPS) is 11.8. The molecule has 0 aliphatic rings. The molecule has 0 heterocycles. The number of hydrogen-bond acceptors (Lipinski definition) is 4. The summed E-state index contributed by atoms with van der Waals surface area (Å²) in [4.78, 5) is 34.4. The molecule has 3 N–H and O–H groups in total. The van der Waals surface area contributed by atoms with Crippen LogP contribution in [0.2, 0.25) is 0 Å². The fourth-order valence-electron chi connectivity index (χ4n) is 1.73. The Bertz CT molecular complexity index is 572. The lowest BCUT2D eigenvalue weighted by molar-refractivity contribution is -0.138. The lowest BCUT2D eigenvalue weighted by atomic mass is 10.2. The van der Waals surface area contributed by atoms with E-state index in [-0.39, 0.29) is 5.91 Å². The Hall–Kier alpha value is -2.02. The Morgan fingerprint density at radius 1 is 1.12 bits per heavy atom. The van der Waals surface area contributed by atoms with Crippen molar-refractivity contribution in [3.05, 3.63) is 29.8 Å². The van der Waals surface area contributed by atoms with Crippen molar-refractivity contribution in [1.29, 1.82) is 0 Å². The van der Waals surface area contributed by atoms with Gasteiger partial charge in [0.1, 0.15) is 6.04 Å². The fourth-order valence-corrected chi connectivity index (χ4v) is 2.77. The molecule has 0 radical (unpaired) electrons. The van der Waals surface area contributed by atoms with Crippen LogP contribution >= 0.6 is 11.8 Å². The van der Waals surface area contributed by atoms with Crippen LogP contribution in [0.4, 0.5) is 5.69 Å². The van der Waals surface area contributed by atoms with Crippen LogP contribution in [0.3, 0.4) is 0 Å². The first kappa shape index (κ1) is 20.0. The molecule has 0 spiro atoms.